The predicted octanol–water partition coefficient (Wildman–Crippen LogP) is 24.3. The van der Waals surface area contributed by atoms with Crippen LogP contribution in [-0.4, -0.2) is 77.0 Å². The van der Waals surface area contributed by atoms with Gasteiger partial charge in [0.05, 0.1) is 33.6 Å². The van der Waals surface area contributed by atoms with Crippen molar-refractivity contribution in [3.05, 3.63) is 381 Å². The number of benzene rings is 11. The molecule has 3 N–H and O–H groups in total. The van der Waals surface area contributed by atoms with Gasteiger partial charge in [0, 0.05) is 84.3 Å². The van der Waals surface area contributed by atoms with Gasteiger partial charge >= 0.3 is 15.6 Å². The molecule has 0 fully saturated rings. The van der Waals surface area contributed by atoms with Crippen LogP contribution in [0.3, 0.4) is 0 Å². The Bertz CT molecular complexity index is 5110. The van der Waals surface area contributed by atoms with Crippen molar-refractivity contribution in [2.75, 3.05) is 14.2 Å². The second-order valence-corrected chi connectivity index (χ2v) is 28.3. The molecule has 116 heavy (non-hydrogen) atoms. The molecule has 598 valence electrons. The summed E-state index contributed by atoms with van der Waals surface area (Å²) in [6.07, 6.45) is 5.36. The molecule has 0 unspecified atom stereocenters. The van der Waals surface area contributed by atoms with Gasteiger partial charge in [0.25, 0.3) is 0 Å². The molecule has 0 aliphatic heterocycles. The third kappa shape index (κ3) is 24.6. The number of nitrogens with zero attached hydrogens (tertiary/aromatic N) is 7. The Kier molecular flexibility index (Phi) is 36.2. The molecule has 0 spiro atoms. The van der Waals surface area contributed by atoms with E-state index in [1.807, 2.05) is 140 Å². The summed E-state index contributed by atoms with van der Waals surface area (Å²) < 4.78 is 62.3. The molecule has 0 saturated heterocycles. The monoisotopic (exact) mass is 1920 g/mol. The van der Waals surface area contributed by atoms with E-state index < -0.39 is 15.6 Å². The number of hydrogen-bond acceptors (Lipinski definition) is 9. The van der Waals surface area contributed by atoms with Crippen LogP contribution in [-0.2, 0) is 50.3 Å². The minimum absolute atomic E-state index is 0. The molecule has 5 heterocycles. The molecule has 5 aromatic heterocycles. The smallest absolute Gasteiger partial charge is 0.400 e. The van der Waals surface area contributed by atoms with Crippen LogP contribution < -0.4 is 0 Å². The van der Waals surface area contributed by atoms with Crippen molar-refractivity contribution < 1.29 is 76.6 Å². The van der Waals surface area contributed by atoms with Crippen LogP contribution in [0.5, 0.6) is 0 Å². The zero-order chi connectivity index (χ0) is 81.6. The molecule has 0 amide bonds. The molecule has 0 saturated carbocycles. The van der Waals surface area contributed by atoms with Gasteiger partial charge in [-0.25, -0.2) is 4.98 Å². The van der Waals surface area contributed by atoms with Crippen molar-refractivity contribution in [1.29, 1.82) is 0 Å². The molecule has 0 aliphatic carbocycles. The second-order valence-electron chi connectivity index (χ2n) is 26.9. The van der Waals surface area contributed by atoms with Crippen molar-refractivity contribution in [3.63, 3.8) is 0 Å². The molecule has 16 rings (SSSR count). The molecule has 12 nitrogen and oxygen atoms in total. The molecular weight excluding hydrogens is 1830 g/mol. The van der Waals surface area contributed by atoms with Gasteiger partial charge in [-0.3, -0.25) is 14.1 Å². The number of fused-ring (bicyclic) bond motifs is 2. The van der Waals surface area contributed by atoms with Crippen molar-refractivity contribution in [2.45, 2.75) is 84.6 Å². The van der Waals surface area contributed by atoms with Gasteiger partial charge in [0.1, 0.15) is 5.82 Å². The molecule has 18 heteroatoms. The van der Waals surface area contributed by atoms with Gasteiger partial charge in [-0.1, -0.05) is 231 Å². The van der Waals surface area contributed by atoms with Gasteiger partial charge in [0.2, 0.25) is 0 Å². The van der Waals surface area contributed by atoms with E-state index in [0.29, 0.717) is 23.7 Å². The number of aliphatic hydroxyl groups is 2. The van der Waals surface area contributed by atoms with E-state index in [2.05, 4.69) is 280 Å². The maximum atomic E-state index is 10.7. The Hall–Kier alpha value is -11.3. The van der Waals surface area contributed by atoms with Crippen molar-refractivity contribution in [1.82, 2.24) is 34.1 Å². The summed E-state index contributed by atoms with van der Waals surface area (Å²) in [7, 11) is -3.84. The number of alkyl halides is 3. The van der Waals surface area contributed by atoms with Crippen LogP contribution in [0.15, 0.2) is 334 Å². The summed E-state index contributed by atoms with van der Waals surface area (Å²) in [5.74, 6) is 3.53. The van der Waals surface area contributed by atoms with Crippen molar-refractivity contribution >= 4 is 32.2 Å². The zero-order valence-corrected chi connectivity index (χ0v) is 71.7. The number of hydrogen-bond donors (Lipinski definition) is 3. The summed E-state index contributed by atoms with van der Waals surface area (Å²) in [5, 5.41) is 14.0. The first-order chi connectivity index (χ1) is 55.2. The first kappa shape index (κ1) is 91.9. The fourth-order valence-corrected chi connectivity index (χ4v) is 12.5. The van der Waals surface area contributed by atoms with Crippen molar-refractivity contribution in [3.8, 4) is 90.2 Å². The normalized spacial score (nSPS) is 10.7. The maximum absolute atomic E-state index is 10.7. The van der Waals surface area contributed by atoms with E-state index in [0.717, 1.165) is 92.8 Å². The Balaban J connectivity index is 0.000000206. The Morgan fingerprint density at radius 2 is 0.603 bits per heavy atom. The average molecular weight is 1920 g/mol. The second kappa shape index (κ2) is 45.7. The number of pyridine rings is 3. The van der Waals surface area contributed by atoms with Gasteiger partial charge < -0.3 is 29.7 Å². The van der Waals surface area contributed by atoms with E-state index >= 15 is 0 Å². The fourth-order valence-electron chi connectivity index (χ4n) is 12.5. The summed E-state index contributed by atoms with van der Waals surface area (Å²) in [6, 6.07) is 120. The van der Waals surface area contributed by atoms with Crippen LogP contribution in [0.4, 0.5) is 13.2 Å². The first-order valence-corrected chi connectivity index (χ1v) is 38.7. The standard InChI is InChI=1S/C31H30N2.C31H29N2.3C11H8N.CHF3O3S.2CH4O.2Ir/c2*1-21(2)26-16-11-17-27(22(3)4)30(26)33-29-19-18-25(23-12-7-5-8-13-23)20-28(29)32-31(33)24-14-9-6-10-15-24;3*1-2-6-10(7-3-1)11-8-4-5-9-12-11;2-1(3,4)8(5,6)7;2*1-2;;/h5-22H,1-4H3;5-14,16-22H,1-4H3;3*1-6,8-9H;(H,5,6,7);2*2H,1H3;;/q;4*-1;;;;;. The van der Waals surface area contributed by atoms with Crippen LogP contribution in [0, 0.1) is 24.3 Å². The van der Waals surface area contributed by atoms with Crippen LogP contribution >= 0.6 is 0 Å². The minimum atomic E-state index is -5.84. The topological polar surface area (TPSA) is 169 Å². The zero-order valence-electron chi connectivity index (χ0n) is 66.1. The molecule has 0 aliphatic rings. The molecule has 16 aromatic rings. The molecular formula is C98H92F3Ir2N7O5S-4. The average Bonchev–Trinajstić information content (AvgIpc) is 1.58. The quantitative estimate of drug-likeness (QED) is 0.0574. The third-order valence-electron chi connectivity index (χ3n) is 17.9. The van der Waals surface area contributed by atoms with Gasteiger partial charge in [-0.15, -0.1) is 144 Å². The van der Waals surface area contributed by atoms with Gasteiger partial charge in [0.15, 0.2) is 0 Å². The summed E-state index contributed by atoms with van der Waals surface area (Å²) >= 11 is 0. The first-order valence-electron chi connectivity index (χ1n) is 37.3. The van der Waals surface area contributed by atoms with Gasteiger partial charge in [-0.05, 0) is 128 Å². The van der Waals surface area contributed by atoms with E-state index in [1.165, 1.54) is 55.9 Å². The van der Waals surface area contributed by atoms with E-state index in [-0.39, 0.29) is 40.2 Å². The number of halogens is 3. The number of imidazole rings is 2. The number of para-hydroxylation sites is 2. The Labute approximate surface area is 707 Å². The number of aromatic nitrogens is 7. The predicted molar refractivity (Wildman–Crippen MR) is 458 cm³/mol. The van der Waals surface area contributed by atoms with Crippen LogP contribution in [0.2, 0.25) is 0 Å². The minimum Gasteiger partial charge on any atom is -0.400 e. The van der Waals surface area contributed by atoms with Crippen LogP contribution in [0.1, 0.15) is 101 Å². The summed E-state index contributed by atoms with van der Waals surface area (Å²) in [6.45, 7) is 18.2. The third-order valence-corrected chi connectivity index (χ3v) is 18.5. The number of aliphatic hydroxyl groups excluding tert-OH is 2. The van der Waals surface area contributed by atoms with E-state index in [1.54, 1.807) is 18.6 Å². The van der Waals surface area contributed by atoms with Gasteiger partial charge in [-0.2, -0.15) is 21.6 Å². The SMILES string of the molecule is CC(C)c1cccc(C(C)C)c1-n1c(-c2[c-]cccc2)nc2cc(-c3ccccc3)ccc21.CC(C)c1cccc(C(C)C)c1-n1c(-c2ccccc2)nc2cc(-c3ccccc3)ccc21.CO.CO.O=S(=O)(O)C(F)(F)F.[Ir].[Ir].[c-]1ccccc1-c1ccccn1.[c-]1ccccc1-c1ccccn1.[c-]1ccccc1-c1ccccn1. The molecule has 0 atom stereocenters. The molecule has 2 radical (unpaired) electrons. The Morgan fingerprint density at radius 3 is 0.879 bits per heavy atom. The van der Waals surface area contributed by atoms with Crippen LogP contribution in [0.25, 0.3) is 112 Å². The summed E-state index contributed by atoms with van der Waals surface area (Å²) in [4.78, 5) is 23.0. The van der Waals surface area contributed by atoms with E-state index in [9.17, 15) is 13.2 Å². The number of rotatable bonds is 13. The molecule has 11 aromatic carbocycles. The van der Waals surface area contributed by atoms with Crippen molar-refractivity contribution in [2.24, 2.45) is 0 Å². The fraction of sp³-hybridized carbons (Fsp3) is 0.153. The van der Waals surface area contributed by atoms with E-state index in [4.69, 9.17) is 33.2 Å². The summed E-state index contributed by atoms with van der Waals surface area (Å²) in [5.41, 5.74) is 19.6. The largest absolute Gasteiger partial charge is 0.522 e. The Morgan fingerprint density at radius 1 is 0.328 bits per heavy atom. The molecule has 0 bridgehead atoms. The maximum Gasteiger partial charge on any atom is 0.522 e.